The van der Waals surface area contributed by atoms with E-state index in [0.717, 1.165) is 45.1 Å². The van der Waals surface area contributed by atoms with E-state index < -0.39 is 0 Å². The number of benzene rings is 1. The molecule has 9 heteroatoms. The number of anilines is 1. The third kappa shape index (κ3) is 6.39. The molecule has 190 valence electrons. The number of nitrogens with one attached hydrogen (secondary N) is 1. The van der Waals surface area contributed by atoms with E-state index >= 15 is 0 Å². The molecule has 0 radical (unpaired) electrons. The Bertz CT molecular complexity index is 1090. The predicted molar refractivity (Wildman–Crippen MR) is 134 cm³/mol. The minimum atomic E-state index is -0.272. The molecule has 2 heterocycles. The van der Waals surface area contributed by atoms with Gasteiger partial charge in [0.05, 0.1) is 17.5 Å². The smallest absolute Gasteiger partial charge is 0.263 e. The molecule has 1 saturated carbocycles. The molecule has 1 aliphatic carbocycles. The van der Waals surface area contributed by atoms with E-state index in [4.69, 9.17) is 9.84 Å². The first-order valence-electron chi connectivity index (χ1n) is 12.9. The van der Waals surface area contributed by atoms with Crippen LogP contribution < -0.4 is 15.6 Å². The molecule has 0 atom stereocenters. The van der Waals surface area contributed by atoms with Gasteiger partial charge >= 0.3 is 0 Å². The van der Waals surface area contributed by atoms with Gasteiger partial charge in [-0.15, -0.1) is 0 Å². The fourth-order valence-electron chi connectivity index (χ4n) is 5.05. The van der Waals surface area contributed by atoms with E-state index in [1.165, 1.54) is 23.8 Å². The Morgan fingerprint density at radius 2 is 1.91 bits per heavy atom. The third-order valence-electron chi connectivity index (χ3n) is 6.93. The van der Waals surface area contributed by atoms with Crippen molar-refractivity contribution in [3.05, 3.63) is 28.6 Å². The molecule has 0 saturated heterocycles. The zero-order valence-corrected chi connectivity index (χ0v) is 20.3. The molecule has 2 N–H and O–H groups in total. The van der Waals surface area contributed by atoms with Crippen molar-refractivity contribution < 1.29 is 19.4 Å². The summed E-state index contributed by atoms with van der Waals surface area (Å²) in [6.07, 6.45) is 10.7. The summed E-state index contributed by atoms with van der Waals surface area (Å²) in [7, 11) is 0. The average molecular weight is 485 g/mol. The minimum Gasteiger partial charge on any atom is -0.494 e. The summed E-state index contributed by atoms with van der Waals surface area (Å²) in [5, 5.41) is 12.0. The van der Waals surface area contributed by atoms with Gasteiger partial charge in [0, 0.05) is 25.6 Å². The van der Waals surface area contributed by atoms with Crippen LogP contribution in [0, 0.1) is 0 Å². The fraction of sp³-hybridized carbons (Fsp3) is 0.615. The van der Waals surface area contributed by atoms with Crippen molar-refractivity contribution in [2.24, 2.45) is 0 Å². The minimum absolute atomic E-state index is 0.0246. The van der Waals surface area contributed by atoms with Crippen molar-refractivity contribution in [2.75, 3.05) is 25.1 Å². The van der Waals surface area contributed by atoms with Crippen molar-refractivity contribution >= 4 is 28.7 Å². The molecule has 0 bridgehead atoms. The Kier molecular flexibility index (Phi) is 8.74. The number of aliphatic hydroxyl groups excluding tert-OH is 1. The lowest BCUT2D eigenvalue weighted by molar-refractivity contribution is -0.134. The second-order valence-electron chi connectivity index (χ2n) is 9.52. The highest BCUT2D eigenvalue weighted by atomic mass is 16.5. The summed E-state index contributed by atoms with van der Waals surface area (Å²) in [6, 6.07) is 5.47. The number of amides is 2. The lowest BCUT2D eigenvalue weighted by Crippen LogP contribution is -2.42. The molecular formula is C26H36N4O5. The molecule has 2 aromatic rings. The van der Waals surface area contributed by atoms with Crippen LogP contribution in [-0.2, 0) is 16.1 Å². The van der Waals surface area contributed by atoms with Gasteiger partial charge in [0.25, 0.3) is 5.56 Å². The first kappa shape index (κ1) is 25.2. The quantitative estimate of drug-likeness (QED) is 0.447. The maximum atomic E-state index is 13.1. The monoisotopic (exact) mass is 484 g/mol. The number of unbranched alkanes of at least 4 members (excludes halogenated alkanes) is 3. The van der Waals surface area contributed by atoms with Crippen LogP contribution in [0.4, 0.5) is 5.95 Å². The molecule has 1 aromatic carbocycles. The summed E-state index contributed by atoms with van der Waals surface area (Å²) in [5.74, 6) is 0.764. The van der Waals surface area contributed by atoms with Crippen LogP contribution in [0.5, 0.6) is 5.75 Å². The summed E-state index contributed by atoms with van der Waals surface area (Å²) in [6.45, 7) is 1.38. The molecule has 9 nitrogen and oxygen atoms in total. The predicted octanol–water partition coefficient (Wildman–Crippen LogP) is 3.22. The fourth-order valence-corrected chi connectivity index (χ4v) is 5.05. The number of carbonyl (C=O) groups is 2. The normalized spacial score (nSPS) is 15.7. The molecular weight excluding hydrogens is 448 g/mol. The van der Waals surface area contributed by atoms with Crippen LogP contribution in [0.3, 0.4) is 0 Å². The van der Waals surface area contributed by atoms with Gasteiger partial charge in [-0.1, -0.05) is 32.1 Å². The Balaban J connectivity index is 1.30. The molecule has 2 aliphatic rings. The van der Waals surface area contributed by atoms with Crippen molar-refractivity contribution in [3.63, 3.8) is 0 Å². The van der Waals surface area contributed by atoms with Gasteiger partial charge in [0.1, 0.15) is 12.3 Å². The van der Waals surface area contributed by atoms with Crippen molar-refractivity contribution in [1.29, 1.82) is 0 Å². The number of hydrogen-bond acceptors (Lipinski definition) is 6. The largest absolute Gasteiger partial charge is 0.494 e. The summed E-state index contributed by atoms with van der Waals surface area (Å²) in [4.78, 5) is 43.8. The summed E-state index contributed by atoms with van der Waals surface area (Å²) in [5.41, 5.74) is 0.235. The van der Waals surface area contributed by atoms with Gasteiger partial charge in [0.15, 0.2) is 0 Å². The van der Waals surface area contributed by atoms with Gasteiger partial charge in [-0.05, 0) is 50.3 Å². The van der Waals surface area contributed by atoms with Gasteiger partial charge < -0.3 is 14.7 Å². The van der Waals surface area contributed by atoms with Gasteiger partial charge in [0.2, 0.25) is 17.8 Å². The second kappa shape index (κ2) is 12.2. The van der Waals surface area contributed by atoms with Crippen LogP contribution >= 0.6 is 0 Å². The van der Waals surface area contributed by atoms with E-state index in [1.54, 1.807) is 18.2 Å². The Morgan fingerprint density at radius 3 is 2.71 bits per heavy atom. The number of carbonyl (C=O) groups excluding carboxylic acids is 2. The van der Waals surface area contributed by atoms with Crippen molar-refractivity contribution in [1.82, 2.24) is 14.5 Å². The van der Waals surface area contributed by atoms with Crippen LogP contribution in [-0.4, -0.2) is 57.2 Å². The Hall–Kier alpha value is -2.94. The Labute approximate surface area is 205 Å². The van der Waals surface area contributed by atoms with Crippen LogP contribution in [0.1, 0.15) is 70.6 Å². The topological polar surface area (TPSA) is 114 Å². The number of ether oxygens (including phenoxy) is 1. The highest BCUT2D eigenvalue weighted by Crippen LogP contribution is 2.24. The number of aromatic nitrogens is 2. The van der Waals surface area contributed by atoms with Gasteiger partial charge in [-0.25, -0.2) is 4.98 Å². The van der Waals surface area contributed by atoms with Crippen LogP contribution in [0.15, 0.2) is 23.0 Å². The second-order valence-corrected chi connectivity index (χ2v) is 9.52. The zero-order valence-electron chi connectivity index (χ0n) is 20.3. The van der Waals surface area contributed by atoms with E-state index in [9.17, 15) is 14.4 Å². The number of rotatable bonds is 12. The molecule has 4 rings (SSSR count). The maximum Gasteiger partial charge on any atom is 0.263 e. The lowest BCUT2D eigenvalue weighted by Gasteiger charge is -2.34. The molecule has 0 spiro atoms. The molecule has 1 fully saturated rings. The number of nitrogens with zero attached hydrogens (tertiary/aromatic N) is 3. The Morgan fingerprint density at radius 1 is 1.11 bits per heavy atom. The number of fused-ring (bicyclic) bond motifs is 2. The molecule has 2 amide bonds. The highest BCUT2D eigenvalue weighted by molar-refractivity contribution is 5.94. The standard InChI is InChI=1S/C26H36N4O5/c31-15-7-2-1-6-14-29(19-9-4-3-5-10-19)24(33)11-8-16-35-20-12-13-22-21(17-20)25(34)30-18-23(32)28-26(30)27-22/h12-13,17,19,31H,1-11,14-16,18H2,(H,27,28,32). The van der Waals surface area contributed by atoms with Gasteiger partial charge in [-0.2, -0.15) is 0 Å². The van der Waals surface area contributed by atoms with E-state index in [0.29, 0.717) is 42.1 Å². The highest BCUT2D eigenvalue weighted by Gasteiger charge is 2.25. The lowest BCUT2D eigenvalue weighted by atomic mass is 9.93. The number of aliphatic hydroxyl groups is 1. The van der Waals surface area contributed by atoms with Crippen LogP contribution in [0.25, 0.3) is 10.9 Å². The molecule has 0 unspecified atom stereocenters. The van der Waals surface area contributed by atoms with E-state index in [2.05, 4.69) is 15.2 Å². The van der Waals surface area contributed by atoms with Gasteiger partial charge in [-0.3, -0.25) is 24.3 Å². The zero-order chi connectivity index (χ0) is 24.6. The van der Waals surface area contributed by atoms with E-state index in [-0.39, 0.29) is 36.5 Å². The van der Waals surface area contributed by atoms with E-state index in [1.807, 2.05) is 0 Å². The average Bonchev–Trinajstić information content (AvgIpc) is 3.25. The number of hydrogen-bond donors (Lipinski definition) is 2. The van der Waals surface area contributed by atoms with Crippen molar-refractivity contribution in [2.45, 2.75) is 83.2 Å². The maximum absolute atomic E-state index is 13.1. The molecule has 35 heavy (non-hydrogen) atoms. The first-order valence-corrected chi connectivity index (χ1v) is 12.9. The molecule has 1 aliphatic heterocycles. The van der Waals surface area contributed by atoms with Crippen LogP contribution in [0.2, 0.25) is 0 Å². The SMILES string of the molecule is O=C1Cn2c(nc3ccc(OCCCC(=O)N(CCCCCCO)C4CCCCC4)cc3c2=O)N1. The first-order chi connectivity index (χ1) is 17.1. The third-order valence-corrected chi connectivity index (χ3v) is 6.93. The summed E-state index contributed by atoms with van der Waals surface area (Å²) < 4.78 is 7.19. The molecule has 1 aromatic heterocycles. The van der Waals surface area contributed by atoms with Crippen molar-refractivity contribution in [3.8, 4) is 5.75 Å². The summed E-state index contributed by atoms with van der Waals surface area (Å²) >= 11 is 0.